The van der Waals surface area contributed by atoms with E-state index in [-0.39, 0.29) is 0 Å². The minimum absolute atomic E-state index is 0.344. The second-order valence-electron chi connectivity index (χ2n) is 39.6. The number of hydrogen-bond acceptors (Lipinski definition) is 0. The Bertz CT molecular complexity index is 8300. The molecule has 0 saturated heterocycles. The highest BCUT2D eigenvalue weighted by molar-refractivity contribution is 6.08. The van der Waals surface area contributed by atoms with Gasteiger partial charge in [-0.15, -0.1) is 0 Å². The number of fused-ring (bicyclic) bond motifs is 24. The standard InChI is InChI=1S/C47H35N2.C47H43N2.C41H39N2/c1-32-30-44-41-24-13-11-22-39(41)37-20-9-10-21-38(37)40-23-12-14-25-42(40)45(44)31-43(32)47-48(2)28-29-49(47)46-35(33-16-5-3-6-17-33)26-15-27-36(46)34-18-7-4-8-19-34;1-30(2)41-27-34(33-16-8-7-9-17-33)28-42(31(3)4)46(41)49-25-24-48(6)47(49)43-29-45-40-23-15-13-21-38(40)36-19-11-10-18-35(36)37-20-12-14-22-39(37)44(45)26-32(43)5;1-26(2)29-20-13-21-30(27(3)4)40(29)43-23-22-42(6)41(43)37-25-39-36-19-12-10-17-34(36)32-15-8-7-14-31(32)33-16-9-11-18-35(33)38(39)24-28(37)5/h3-31H,1-2H3;7-31H,1-6H3;7-27H,1-6H3/q3*+1. The Morgan fingerprint density at radius 3 is 0.596 bits per heavy atom. The zero-order chi connectivity index (χ0) is 96.5. The molecule has 0 spiro atoms. The number of benzene rings is 18. The molecule has 6 nitrogen and oxygen atoms in total. The van der Waals surface area contributed by atoms with Crippen LogP contribution in [0.5, 0.6) is 0 Å². The molecule has 6 heteroatoms. The van der Waals surface area contributed by atoms with Gasteiger partial charge >= 0.3 is 0 Å². The maximum absolute atomic E-state index is 2.46. The van der Waals surface area contributed by atoms with E-state index in [0.717, 1.165) is 5.82 Å². The molecular formula is C135H117N6+3. The van der Waals surface area contributed by atoms with Crippen molar-refractivity contribution in [1.82, 2.24) is 13.7 Å². The van der Waals surface area contributed by atoms with Crippen LogP contribution in [-0.2, 0) is 21.1 Å². The number of aryl methyl sites for hydroxylation is 6. The lowest BCUT2D eigenvalue weighted by Crippen LogP contribution is -2.29. The molecule has 3 aliphatic carbocycles. The van der Waals surface area contributed by atoms with Crippen LogP contribution in [0.1, 0.15) is 118 Å². The molecule has 0 N–H and O–H groups in total. The van der Waals surface area contributed by atoms with Crippen molar-refractivity contribution >= 4 is 0 Å². The summed E-state index contributed by atoms with van der Waals surface area (Å²) in [5.74, 6) is 5.03. The van der Waals surface area contributed by atoms with Crippen molar-refractivity contribution in [3.8, 4) is 218 Å². The minimum Gasteiger partial charge on any atom is -0.232 e. The molecule has 24 rings (SSSR count). The maximum atomic E-state index is 2.46. The van der Waals surface area contributed by atoms with Gasteiger partial charge in [0.1, 0.15) is 54.2 Å². The summed E-state index contributed by atoms with van der Waals surface area (Å²) in [6, 6.07) is 145. The summed E-state index contributed by atoms with van der Waals surface area (Å²) in [5, 5.41) is 0. The molecule has 0 bridgehead atoms. The first-order valence-electron chi connectivity index (χ1n) is 50.0. The van der Waals surface area contributed by atoms with E-state index in [1.807, 2.05) is 0 Å². The summed E-state index contributed by atoms with van der Waals surface area (Å²) >= 11 is 0. The van der Waals surface area contributed by atoms with E-state index in [2.05, 4.69) is 556 Å². The van der Waals surface area contributed by atoms with Gasteiger partial charge in [-0.05, 0) is 265 Å². The molecule has 0 fully saturated rings. The summed E-state index contributed by atoms with van der Waals surface area (Å²) in [4.78, 5) is 0. The van der Waals surface area contributed by atoms with Crippen LogP contribution in [0.2, 0.25) is 0 Å². The Hall–Kier alpha value is -16.4. The topological polar surface area (TPSA) is 26.4 Å². The first kappa shape index (κ1) is 89.8. The van der Waals surface area contributed by atoms with Gasteiger partial charge in [-0.25, -0.2) is 13.7 Å². The fraction of sp³-hybridized carbons (Fsp3) is 0.133. The van der Waals surface area contributed by atoms with Crippen molar-refractivity contribution in [2.75, 3.05) is 0 Å². The van der Waals surface area contributed by atoms with Crippen molar-refractivity contribution in [3.63, 3.8) is 0 Å². The van der Waals surface area contributed by atoms with Gasteiger partial charge in [-0.2, -0.15) is 13.7 Å². The van der Waals surface area contributed by atoms with Gasteiger partial charge in [0.25, 0.3) is 17.5 Å². The van der Waals surface area contributed by atoms with E-state index < -0.39 is 0 Å². The summed E-state index contributed by atoms with van der Waals surface area (Å²) in [6.45, 7) is 25.3. The lowest BCUT2D eigenvalue weighted by molar-refractivity contribution is -0.659. The zero-order valence-electron chi connectivity index (χ0n) is 83.0. The monoisotopic (exact) mass is 1820 g/mol. The van der Waals surface area contributed by atoms with Crippen molar-refractivity contribution in [1.29, 1.82) is 0 Å². The van der Waals surface area contributed by atoms with E-state index in [0.29, 0.717) is 23.7 Å². The lowest BCUT2D eigenvalue weighted by Gasteiger charge is -2.24. The molecule has 141 heavy (non-hydrogen) atoms. The van der Waals surface area contributed by atoms with Crippen molar-refractivity contribution in [2.24, 2.45) is 21.1 Å². The predicted octanol–water partition coefficient (Wildman–Crippen LogP) is 34.3. The maximum Gasteiger partial charge on any atom is 0.294 e. The first-order valence-corrected chi connectivity index (χ1v) is 50.0. The van der Waals surface area contributed by atoms with Gasteiger partial charge in [-0.3, -0.25) is 0 Å². The zero-order valence-corrected chi connectivity index (χ0v) is 83.0. The Balaban J connectivity index is 0.000000122. The second kappa shape index (κ2) is 37.5. The summed E-state index contributed by atoms with van der Waals surface area (Å²) in [6.07, 6.45) is 13.3. The quantitative estimate of drug-likeness (QED) is 0.103. The average molecular weight is 1820 g/mol. The highest BCUT2D eigenvalue weighted by atomic mass is 15.2. The number of aromatic nitrogens is 6. The molecule has 684 valence electrons. The van der Waals surface area contributed by atoms with Crippen LogP contribution < -0.4 is 13.7 Å². The van der Waals surface area contributed by atoms with Crippen LogP contribution in [0.25, 0.3) is 218 Å². The van der Waals surface area contributed by atoms with E-state index in [1.165, 1.54) is 251 Å². The Morgan fingerprint density at radius 2 is 0.355 bits per heavy atom. The highest BCUT2D eigenvalue weighted by Crippen LogP contribution is 2.55. The number of nitrogens with zero attached hydrogens (tertiary/aromatic N) is 6. The largest absolute Gasteiger partial charge is 0.294 e. The molecule has 0 radical (unpaired) electrons. The van der Waals surface area contributed by atoms with Crippen LogP contribution in [0, 0.1) is 20.8 Å². The Labute approximate surface area is 831 Å². The van der Waals surface area contributed by atoms with Gasteiger partial charge < -0.3 is 0 Å². The molecule has 0 atom stereocenters. The van der Waals surface area contributed by atoms with E-state index >= 15 is 0 Å². The third-order valence-electron chi connectivity index (χ3n) is 29.4. The van der Waals surface area contributed by atoms with E-state index in [9.17, 15) is 0 Å². The number of hydrogen-bond donors (Lipinski definition) is 0. The molecular weight excluding hydrogens is 1710 g/mol. The van der Waals surface area contributed by atoms with E-state index in [4.69, 9.17) is 0 Å². The second-order valence-corrected chi connectivity index (χ2v) is 39.6. The number of rotatable bonds is 13. The molecule has 18 aromatic carbocycles. The molecule has 0 aliphatic heterocycles. The molecule has 0 saturated carbocycles. The number of para-hydroxylation sites is 2. The minimum atomic E-state index is 0.344. The third-order valence-corrected chi connectivity index (χ3v) is 29.4. The number of imidazole rings is 3. The molecule has 21 aromatic rings. The van der Waals surface area contributed by atoms with Gasteiger partial charge in [0.05, 0.1) is 37.8 Å². The highest BCUT2D eigenvalue weighted by Gasteiger charge is 2.36. The van der Waals surface area contributed by atoms with Crippen LogP contribution in [-0.4, -0.2) is 13.7 Å². The summed E-state index contributed by atoms with van der Waals surface area (Å²) in [7, 11) is 6.52. The third kappa shape index (κ3) is 16.0. The molecule has 0 unspecified atom stereocenters. The van der Waals surface area contributed by atoms with Crippen LogP contribution in [0.3, 0.4) is 0 Å². The molecule has 0 amide bonds. The predicted molar refractivity (Wildman–Crippen MR) is 590 cm³/mol. The SMILES string of the molecule is Cc1cc2c(cc1-c1n(-c3c(-c4ccccc4)cccc3-c3ccccc3)cc[n+]1C)-c1ccccc1-c1ccccc1-c1ccccc1-2.Cc1cc2c(cc1-c1n(-c3c(C(C)C)cc(-c4ccccc4)cc3C(C)C)cc[n+]1C)-c1ccccc1-c1ccccc1-c1ccccc1-2.Cc1cc2c(cc1-c1n(-c3c(C(C)C)cccc3C(C)C)cc[n+]1C)-c1ccccc1-c1ccccc1-c1ccccc1-2. The lowest BCUT2D eigenvalue weighted by atomic mass is 9.79. The fourth-order valence-electron chi connectivity index (χ4n) is 22.6. The van der Waals surface area contributed by atoms with Crippen LogP contribution in [0.4, 0.5) is 0 Å². The smallest absolute Gasteiger partial charge is 0.232 e. The fourth-order valence-corrected chi connectivity index (χ4v) is 22.6. The van der Waals surface area contributed by atoms with Crippen LogP contribution >= 0.6 is 0 Å². The summed E-state index contributed by atoms with van der Waals surface area (Å²) in [5.41, 5.74) is 54.5. The van der Waals surface area contributed by atoms with Crippen molar-refractivity contribution in [2.45, 2.75) is 99.8 Å². The molecule has 3 heterocycles. The van der Waals surface area contributed by atoms with Crippen molar-refractivity contribution < 1.29 is 13.7 Å². The van der Waals surface area contributed by atoms with Gasteiger partial charge in [0.2, 0.25) is 0 Å². The first-order chi connectivity index (χ1) is 68.8. The summed E-state index contributed by atoms with van der Waals surface area (Å²) < 4.78 is 14.2. The van der Waals surface area contributed by atoms with Gasteiger partial charge in [-0.1, -0.05) is 401 Å². The molecule has 3 aliphatic rings. The Kier molecular flexibility index (Phi) is 23.9. The normalized spacial score (nSPS) is 11.7. The average Bonchev–Trinajstić information content (AvgIpc) is 1.73. The molecule has 3 aromatic heterocycles. The van der Waals surface area contributed by atoms with Crippen molar-refractivity contribution in [3.05, 3.63) is 470 Å². The van der Waals surface area contributed by atoms with Gasteiger partial charge in [0, 0.05) is 33.4 Å². The van der Waals surface area contributed by atoms with Gasteiger partial charge in [0.15, 0.2) is 0 Å². The Morgan fingerprint density at radius 1 is 0.163 bits per heavy atom. The van der Waals surface area contributed by atoms with E-state index in [1.54, 1.807) is 0 Å². The van der Waals surface area contributed by atoms with Crippen LogP contribution in [0.15, 0.2) is 431 Å².